The van der Waals surface area contributed by atoms with Gasteiger partial charge in [-0.05, 0) is 38.5 Å². The summed E-state index contributed by atoms with van der Waals surface area (Å²) < 4.78 is 0. The van der Waals surface area contributed by atoms with Gasteiger partial charge in [0.15, 0.2) is 0 Å². The molecule has 94 valence electrons. The molecule has 4 N–H and O–H groups in total. The summed E-state index contributed by atoms with van der Waals surface area (Å²) in [6.07, 6.45) is 4.86. The summed E-state index contributed by atoms with van der Waals surface area (Å²) in [5, 5.41) is 13.0. The lowest BCUT2D eigenvalue weighted by Gasteiger charge is -2.36. The van der Waals surface area contributed by atoms with E-state index in [4.69, 9.17) is 5.73 Å². The topological polar surface area (TPSA) is 75.3 Å². The van der Waals surface area contributed by atoms with E-state index in [0.29, 0.717) is 6.54 Å². The maximum absolute atomic E-state index is 11.3. The standard InChI is InChI=1S/C12H24N2O2/c1-3-10-4-6-12(16,7-5-10)8-14-11(15)9(2)13/h9-10,16H,3-8,13H2,1-2H3,(H,14,15)/t9-,10?,12?/m0/s1. The van der Waals surface area contributed by atoms with Gasteiger partial charge in [0, 0.05) is 6.54 Å². The van der Waals surface area contributed by atoms with Gasteiger partial charge in [-0.1, -0.05) is 13.3 Å². The number of aliphatic hydroxyl groups is 1. The molecule has 0 aromatic rings. The number of carbonyl (C=O) groups excluding carboxylic acids is 1. The number of amides is 1. The Hall–Kier alpha value is -0.610. The molecule has 1 atom stereocenters. The number of carbonyl (C=O) groups is 1. The van der Waals surface area contributed by atoms with Crippen molar-refractivity contribution in [3.8, 4) is 0 Å². The Morgan fingerprint density at radius 1 is 1.56 bits per heavy atom. The Labute approximate surface area is 97.6 Å². The molecule has 4 nitrogen and oxygen atoms in total. The molecule has 1 aliphatic rings. The Bertz CT molecular complexity index is 233. The predicted octanol–water partition coefficient (Wildman–Crippen LogP) is 0.781. The van der Waals surface area contributed by atoms with Crippen molar-refractivity contribution in [3.63, 3.8) is 0 Å². The van der Waals surface area contributed by atoms with Gasteiger partial charge in [0.1, 0.15) is 0 Å². The molecule has 1 amide bonds. The molecule has 1 saturated carbocycles. The van der Waals surface area contributed by atoms with Crippen LogP contribution in [0.4, 0.5) is 0 Å². The van der Waals surface area contributed by atoms with Crippen LogP contribution in [-0.4, -0.2) is 29.2 Å². The molecular weight excluding hydrogens is 204 g/mol. The smallest absolute Gasteiger partial charge is 0.236 e. The van der Waals surface area contributed by atoms with Crippen LogP contribution in [0.2, 0.25) is 0 Å². The summed E-state index contributed by atoms with van der Waals surface area (Å²) >= 11 is 0. The fourth-order valence-electron chi connectivity index (χ4n) is 2.21. The molecule has 16 heavy (non-hydrogen) atoms. The SMILES string of the molecule is CCC1CCC(O)(CNC(=O)[C@H](C)N)CC1. The number of rotatable bonds is 4. The third kappa shape index (κ3) is 3.76. The Kier molecular flexibility index (Phi) is 4.74. The second kappa shape index (κ2) is 5.64. The van der Waals surface area contributed by atoms with E-state index >= 15 is 0 Å². The quantitative estimate of drug-likeness (QED) is 0.665. The average molecular weight is 228 g/mol. The summed E-state index contributed by atoms with van der Waals surface area (Å²) in [7, 11) is 0. The zero-order chi connectivity index (χ0) is 12.2. The highest BCUT2D eigenvalue weighted by Gasteiger charge is 2.32. The van der Waals surface area contributed by atoms with Gasteiger partial charge < -0.3 is 16.2 Å². The van der Waals surface area contributed by atoms with Crippen molar-refractivity contribution in [1.29, 1.82) is 0 Å². The third-order valence-electron chi connectivity index (χ3n) is 3.62. The van der Waals surface area contributed by atoms with E-state index in [-0.39, 0.29) is 5.91 Å². The minimum Gasteiger partial charge on any atom is -0.388 e. The second-order valence-corrected chi connectivity index (χ2v) is 5.08. The van der Waals surface area contributed by atoms with Crippen molar-refractivity contribution in [2.75, 3.05) is 6.54 Å². The zero-order valence-corrected chi connectivity index (χ0v) is 10.3. The molecule has 1 rings (SSSR count). The first-order chi connectivity index (χ1) is 7.47. The van der Waals surface area contributed by atoms with Crippen molar-refractivity contribution in [2.24, 2.45) is 11.7 Å². The fourth-order valence-corrected chi connectivity index (χ4v) is 2.21. The molecule has 0 heterocycles. The lowest BCUT2D eigenvalue weighted by atomic mass is 9.78. The molecule has 0 bridgehead atoms. The van der Waals surface area contributed by atoms with Crippen LogP contribution < -0.4 is 11.1 Å². The van der Waals surface area contributed by atoms with E-state index < -0.39 is 11.6 Å². The minimum atomic E-state index is -0.712. The van der Waals surface area contributed by atoms with E-state index in [0.717, 1.165) is 31.6 Å². The van der Waals surface area contributed by atoms with Crippen LogP contribution in [-0.2, 0) is 4.79 Å². The maximum atomic E-state index is 11.3. The van der Waals surface area contributed by atoms with Crippen LogP contribution in [0.15, 0.2) is 0 Å². The highest BCUT2D eigenvalue weighted by atomic mass is 16.3. The Morgan fingerprint density at radius 2 is 2.12 bits per heavy atom. The maximum Gasteiger partial charge on any atom is 0.236 e. The van der Waals surface area contributed by atoms with Crippen molar-refractivity contribution in [2.45, 2.75) is 57.6 Å². The highest BCUT2D eigenvalue weighted by Crippen LogP contribution is 2.33. The van der Waals surface area contributed by atoms with Crippen molar-refractivity contribution in [1.82, 2.24) is 5.32 Å². The molecule has 0 aromatic carbocycles. The summed E-state index contributed by atoms with van der Waals surface area (Å²) in [6, 6.07) is -0.504. The second-order valence-electron chi connectivity index (χ2n) is 5.08. The van der Waals surface area contributed by atoms with E-state index in [1.807, 2.05) is 0 Å². The highest BCUT2D eigenvalue weighted by molar-refractivity contribution is 5.81. The first-order valence-electron chi connectivity index (χ1n) is 6.22. The van der Waals surface area contributed by atoms with Gasteiger partial charge in [-0.2, -0.15) is 0 Å². The van der Waals surface area contributed by atoms with Gasteiger partial charge in [0.25, 0.3) is 0 Å². The predicted molar refractivity (Wildman–Crippen MR) is 63.9 cm³/mol. The monoisotopic (exact) mass is 228 g/mol. The minimum absolute atomic E-state index is 0.189. The Balaban J connectivity index is 2.34. The molecule has 4 heteroatoms. The first kappa shape index (κ1) is 13.5. The van der Waals surface area contributed by atoms with E-state index in [9.17, 15) is 9.90 Å². The molecular formula is C12H24N2O2. The van der Waals surface area contributed by atoms with Crippen molar-refractivity contribution < 1.29 is 9.90 Å². The molecule has 0 radical (unpaired) electrons. The van der Waals surface area contributed by atoms with Crippen LogP contribution in [0, 0.1) is 5.92 Å². The molecule has 1 aliphatic carbocycles. The van der Waals surface area contributed by atoms with Gasteiger partial charge >= 0.3 is 0 Å². The van der Waals surface area contributed by atoms with Gasteiger partial charge in [0.05, 0.1) is 11.6 Å². The number of hydrogen-bond donors (Lipinski definition) is 3. The number of nitrogens with one attached hydrogen (secondary N) is 1. The molecule has 0 saturated heterocycles. The molecule has 0 aliphatic heterocycles. The zero-order valence-electron chi connectivity index (χ0n) is 10.3. The summed E-state index contributed by atoms with van der Waals surface area (Å²) in [6.45, 7) is 4.17. The van der Waals surface area contributed by atoms with Crippen molar-refractivity contribution in [3.05, 3.63) is 0 Å². The molecule has 1 fully saturated rings. The molecule has 0 aromatic heterocycles. The van der Waals surface area contributed by atoms with Gasteiger partial charge in [0.2, 0.25) is 5.91 Å². The van der Waals surface area contributed by atoms with Crippen LogP contribution in [0.25, 0.3) is 0 Å². The lowest BCUT2D eigenvalue weighted by molar-refractivity contribution is -0.123. The summed E-state index contributed by atoms with van der Waals surface area (Å²) in [5.74, 6) is 0.551. The third-order valence-corrected chi connectivity index (χ3v) is 3.62. The lowest BCUT2D eigenvalue weighted by Crippen LogP contribution is -2.48. The van der Waals surface area contributed by atoms with Gasteiger partial charge in [-0.15, -0.1) is 0 Å². The summed E-state index contributed by atoms with van der Waals surface area (Å²) in [5.41, 5.74) is 4.73. The van der Waals surface area contributed by atoms with E-state index in [1.54, 1.807) is 6.92 Å². The van der Waals surface area contributed by atoms with Crippen LogP contribution in [0.5, 0.6) is 0 Å². The largest absolute Gasteiger partial charge is 0.388 e. The van der Waals surface area contributed by atoms with Gasteiger partial charge in [-0.25, -0.2) is 0 Å². The Morgan fingerprint density at radius 3 is 2.56 bits per heavy atom. The van der Waals surface area contributed by atoms with E-state index in [1.165, 1.54) is 6.42 Å². The van der Waals surface area contributed by atoms with Crippen LogP contribution in [0.1, 0.15) is 46.0 Å². The summed E-state index contributed by atoms with van der Waals surface area (Å²) in [4.78, 5) is 11.3. The van der Waals surface area contributed by atoms with Gasteiger partial charge in [-0.3, -0.25) is 4.79 Å². The van der Waals surface area contributed by atoms with E-state index in [2.05, 4.69) is 12.2 Å². The first-order valence-corrected chi connectivity index (χ1v) is 6.22. The van der Waals surface area contributed by atoms with Crippen molar-refractivity contribution >= 4 is 5.91 Å². The average Bonchev–Trinajstić information content (AvgIpc) is 2.27. The normalized spacial score (nSPS) is 32.1. The number of nitrogens with two attached hydrogens (primary N) is 1. The van der Waals surface area contributed by atoms with Crippen LogP contribution >= 0.6 is 0 Å². The number of hydrogen-bond acceptors (Lipinski definition) is 3. The fraction of sp³-hybridized carbons (Fsp3) is 0.917. The van der Waals surface area contributed by atoms with Crippen LogP contribution in [0.3, 0.4) is 0 Å². The molecule has 0 unspecified atom stereocenters. The molecule has 0 spiro atoms.